The number of aromatic nitrogens is 2. The van der Waals surface area contributed by atoms with Gasteiger partial charge in [-0.05, 0) is 12.5 Å². The number of aryl methyl sites for hydroxylation is 1. The Morgan fingerprint density at radius 2 is 2.12 bits per heavy atom. The molecular formula is C11H18N4O. The van der Waals surface area contributed by atoms with Crippen LogP contribution in [0.2, 0.25) is 0 Å². The minimum Gasteiger partial charge on any atom is -0.314 e. The Balaban J connectivity index is 1.93. The van der Waals surface area contributed by atoms with Gasteiger partial charge >= 0.3 is 5.69 Å². The smallest absolute Gasteiger partial charge is 0.314 e. The average molecular weight is 222 g/mol. The summed E-state index contributed by atoms with van der Waals surface area (Å²) in [5.41, 5.74) is 0.876. The zero-order valence-corrected chi connectivity index (χ0v) is 9.65. The normalized spacial score (nSPS) is 17.6. The molecule has 1 fully saturated rings. The summed E-state index contributed by atoms with van der Waals surface area (Å²) in [6.07, 6.45) is 3.49. The van der Waals surface area contributed by atoms with Crippen molar-refractivity contribution in [3.8, 4) is 0 Å². The van der Waals surface area contributed by atoms with E-state index in [0.717, 1.165) is 44.8 Å². The van der Waals surface area contributed by atoms with Crippen molar-refractivity contribution in [3.63, 3.8) is 0 Å². The maximum absolute atomic E-state index is 11.5. The van der Waals surface area contributed by atoms with Crippen molar-refractivity contribution in [2.75, 3.05) is 32.7 Å². The van der Waals surface area contributed by atoms with E-state index in [1.165, 1.54) is 0 Å². The van der Waals surface area contributed by atoms with Crippen molar-refractivity contribution >= 4 is 0 Å². The van der Waals surface area contributed by atoms with Crippen LogP contribution in [0.5, 0.6) is 0 Å². The van der Waals surface area contributed by atoms with E-state index < -0.39 is 0 Å². The van der Waals surface area contributed by atoms with Gasteiger partial charge in [0.1, 0.15) is 0 Å². The van der Waals surface area contributed by atoms with Gasteiger partial charge in [-0.1, -0.05) is 0 Å². The second-order valence-electron chi connectivity index (χ2n) is 4.20. The largest absolute Gasteiger partial charge is 0.347 e. The Morgan fingerprint density at radius 1 is 1.38 bits per heavy atom. The number of rotatable bonds is 3. The lowest BCUT2D eigenvalue weighted by Crippen LogP contribution is -2.45. The lowest BCUT2D eigenvalue weighted by molar-refractivity contribution is 0.231. The minimum atomic E-state index is -0.152. The molecular weight excluding hydrogens is 204 g/mol. The fourth-order valence-electron chi connectivity index (χ4n) is 1.91. The minimum absolute atomic E-state index is 0.152. The lowest BCUT2D eigenvalue weighted by Gasteiger charge is -2.27. The van der Waals surface area contributed by atoms with Crippen molar-refractivity contribution in [2.45, 2.75) is 13.5 Å². The Labute approximate surface area is 95.1 Å². The second kappa shape index (κ2) is 5.23. The molecule has 2 heterocycles. The predicted molar refractivity (Wildman–Crippen MR) is 62.5 cm³/mol. The molecule has 0 radical (unpaired) electrons. The van der Waals surface area contributed by atoms with Gasteiger partial charge < -0.3 is 5.32 Å². The fraction of sp³-hybridized carbons (Fsp3) is 0.636. The number of hydrogen-bond acceptors (Lipinski definition) is 4. The van der Waals surface area contributed by atoms with Gasteiger partial charge in [-0.3, -0.25) is 9.47 Å². The summed E-state index contributed by atoms with van der Waals surface area (Å²) in [7, 11) is 0. The van der Waals surface area contributed by atoms with E-state index in [9.17, 15) is 4.79 Å². The monoisotopic (exact) mass is 222 g/mol. The third kappa shape index (κ3) is 2.90. The molecule has 5 nitrogen and oxygen atoms in total. The number of piperazine rings is 1. The van der Waals surface area contributed by atoms with Gasteiger partial charge in [0, 0.05) is 51.7 Å². The molecule has 2 rings (SSSR count). The van der Waals surface area contributed by atoms with Gasteiger partial charge in [0.25, 0.3) is 0 Å². The Hall–Kier alpha value is -1.20. The van der Waals surface area contributed by atoms with E-state index in [0.29, 0.717) is 0 Å². The molecule has 0 amide bonds. The van der Waals surface area contributed by atoms with E-state index in [1.807, 2.05) is 13.1 Å². The third-order valence-corrected chi connectivity index (χ3v) is 2.85. The van der Waals surface area contributed by atoms with Gasteiger partial charge in [-0.2, -0.15) is 0 Å². The molecule has 0 aliphatic carbocycles. The molecule has 1 aromatic heterocycles. The molecule has 1 N–H and O–H groups in total. The van der Waals surface area contributed by atoms with Crippen LogP contribution in [-0.2, 0) is 6.54 Å². The summed E-state index contributed by atoms with van der Waals surface area (Å²) in [5.74, 6) is 0. The number of nitrogens with zero attached hydrogens (tertiary/aromatic N) is 3. The van der Waals surface area contributed by atoms with Crippen LogP contribution in [0.1, 0.15) is 5.56 Å². The summed E-state index contributed by atoms with van der Waals surface area (Å²) in [6.45, 7) is 7.82. The summed E-state index contributed by atoms with van der Waals surface area (Å²) < 4.78 is 1.69. The first kappa shape index (κ1) is 11.3. The molecule has 16 heavy (non-hydrogen) atoms. The van der Waals surface area contributed by atoms with Crippen LogP contribution in [0.15, 0.2) is 17.2 Å². The van der Waals surface area contributed by atoms with Crippen molar-refractivity contribution in [1.29, 1.82) is 0 Å². The van der Waals surface area contributed by atoms with Gasteiger partial charge in [-0.15, -0.1) is 0 Å². The van der Waals surface area contributed by atoms with E-state index >= 15 is 0 Å². The number of nitrogens with one attached hydrogen (secondary N) is 1. The summed E-state index contributed by atoms with van der Waals surface area (Å²) >= 11 is 0. The molecule has 0 bridgehead atoms. The fourth-order valence-corrected chi connectivity index (χ4v) is 1.91. The van der Waals surface area contributed by atoms with Crippen LogP contribution in [0.3, 0.4) is 0 Å². The van der Waals surface area contributed by atoms with E-state index in [-0.39, 0.29) is 5.69 Å². The summed E-state index contributed by atoms with van der Waals surface area (Å²) in [5, 5.41) is 3.31. The van der Waals surface area contributed by atoms with Gasteiger partial charge in [0.15, 0.2) is 0 Å². The topological polar surface area (TPSA) is 50.2 Å². The molecule has 0 spiro atoms. The van der Waals surface area contributed by atoms with E-state index in [2.05, 4.69) is 15.2 Å². The second-order valence-corrected chi connectivity index (χ2v) is 4.20. The summed E-state index contributed by atoms with van der Waals surface area (Å²) in [6, 6.07) is 0. The Kier molecular flexibility index (Phi) is 3.69. The average Bonchev–Trinajstić information content (AvgIpc) is 2.32. The zero-order chi connectivity index (χ0) is 11.4. The van der Waals surface area contributed by atoms with Crippen LogP contribution < -0.4 is 11.0 Å². The van der Waals surface area contributed by atoms with Crippen LogP contribution in [0.25, 0.3) is 0 Å². The maximum atomic E-state index is 11.5. The Morgan fingerprint density at radius 3 is 2.88 bits per heavy atom. The predicted octanol–water partition coefficient (Wildman–Crippen LogP) is -0.543. The van der Waals surface area contributed by atoms with Crippen LogP contribution in [-0.4, -0.2) is 47.2 Å². The molecule has 5 heteroatoms. The highest BCUT2D eigenvalue weighted by Crippen LogP contribution is 1.94. The van der Waals surface area contributed by atoms with Crippen LogP contribution in [0, 0.1) is 6.92 Å². The van der Waals surface area contributed by atoms with Crippen molar-refractivity contribution in [3.05, 3.63) is 28.4 Å². The van der Waals surface area contributed by atoms with E-state index in [4.69, 9.17) is 0 Å². The molecule has 1 aliphatic rings. The highest BCUT2D eigenvalue weighted by Gasteiger charge is 2.09. The molecule has 1 saturated heterocycles. The summed E-state index contributed by atoms with van der Waals surface area (Å²) in [4.78, 5) is 17.7. The molecule has 0 saturated carbocycles. The maximum Gasteiger partial charge on any atom is 0.347 e. The molecule has 1 aliphatic heterocycles. The molecule has 0 unspecified atom stereocenters. The quantitative estimate of drug-likeness (QED) is 0.746. The first-order valence-corrected chi connectivity index (χ1v) is 5.72. The SMILES string of the molecule is Cc1cnc(=O)n(CCN2CCNCC2)c1. The number of hydrogen-bond donors (Lipinski definition) is 1. The van der Waals surface area contributed by atoms with Gasteiger partial charge in [-0.25, -0.2) is 9.78 Å². The van der Waals surface area contributed by atoms with Crippen molar-refractivity contribution in [2.24, 2.45) is 0 Å². The third-order valence-electron chi connectivity index (χ3n) is 2.85. The molecule has 88 valence electrons. The zero-order valence-electron chi connectivity index (χ0n) is 9.65. The highest BCUT2D eigenvalue weighted by atomic mass is 16.1. The molecule has 0 aromatic carbocycles. The standard InChI is InChI=1S/C11H18N4O/c1-10-8-13-11(16)15(9-10)7-6-14-4-2-12-3-5-14/h8-9,12H,2-7H2,1H3. The van der Waals surface area contributed by atoms with Crippen LogP contribution in [0.4, 0.5) is 0 Å². The van der Waals surface area contributed by atoms with Crippen molar-refractivity contribution < 1.29 is 0 Å². The van der Waals surface area contributed by atoms with E-state index in [1.54, 1.807) is 10.8 Å². The lowest BCUT2D eigenvalue weighted by atomic mass is 10.3. The molecule has 0 atom stereocenters. The Bertz CT molecular complexity index is 395. The first-order valence-electron chi connectivity index (χ1n) is 5.72. The highest BCUT2D eigenvalue weighted by molar-refractivity contribution is 4.99. The first-order chi connectivity index (χ1) is 7.75. The van der Waals surface area contributed by atoms with Crippen molar-refractivity contribution in [1.82, 2.24) is 19.8 Å². The molecule has 1 aromatic rings. The van der Waals surface area contributed by atoms with Gasteiger partial charge in [0.2, 0.25) is 0 Å². The van der Waals surface area contributed by atoms with Crippen LogP contribution >= 0.6 is 0 Å². The van der Waals surface area contributed by atoms with Gasteiger partial charge in [0.05, 0.1) is 0 Å².